The van der Waals surface area contributed by atoms with Gasteiger partial charge in [0.15, 0.2) is 0 Å². The highest BCUT2D eigenvalue weighted by Crippen LogP contribution is 2.35. The summed E-state index contributed by atoms with van der Waals surface area (Å²) in [6.07, 6.45) is 0.460. The number of carbonyl (C=O) groups is 1. The molecule has 2 N–H and O–H groups in total. The first-order chi connectivity index (χ1) is 18.8. The van der Waals surface area contributed by atoms with E-state index in [1.807, 2.05) is 17.9 Å². The number of morpholine rings is 1. The zero-order valence-corrected chi connectivity index (χ0v) is 23.1. The van der Waals surface area contributed by atoms with Gasteiger partial charge in [-0.1, -0.05) is 12.1 Å². The molecule has 1 aromatic carbocycles. The molecule has 0 radical (unpaired) electrons. The lowest BCUT2D eigenvalue weighted by Crippen LogP contribution is -2.62. The lowest BCUT2D eigenvalue weighted by atomic mass is 10.0. The zero-order valence-electron chi connectivity index (χ0n) is 23.1. The van der Waals surface area contributed by atoms with Gasteiger partial charge in [0.25, 0.3) is 0 Å². The van der Waals surface area contributed by atoms with Crippen LogP contribution in [0.3, 0.4) is 0 Å². The largest absolute Gasteiger partial charge is 0.474 e. The van der Waals surface area contributed by atoms with Crippen LogP contribution in [0, 0.1) is 5.82 Å². The van der Waals surface area contributed by atoms with Gasteiger partial charge >= 0.3 is 0 Å². The lowest BCUT2D eigenvalue weighted by molar-refractivity contribution is -0.121. The summed E-state index contributed by atoms with van der Waals surface area (Å²) in [5, 5.41) is 13.6. The maximum atomic E-state index is 14.0. The van der Waals surface area contributed by atoms with E-state index in [-0.39, 0.29) is 30.4 Å². The molecule has 2 aromatic rings. The summed E-state index contributed by atoms with van der Waals surface area (Å²) in [6, 6.07) is 8.88. The smallest absolute Gasteiger partial charge is 0.241 e. The Hall–Kier alpha value is -2.63. The van der Waals surface area contributed by atoms with Crippen molar-refractivity contribution in [3.63, 3.8) is 0 Å². The van der Waals surface area contributed by atoms with E-state index in [1.165, 1.54) is 12.1 Å². The molecule has 10 heteroatoms. The second kappa shape index (κ2) is 12.3. The standard InChI is InChI=1S/C29H40FN5O4/c1-19-13-34(25(12-31-19)14-33-8-9-38-17-20(33)2)15-28(37)35-21(3)18-39-29-27(35)11-23(26(16-36)32-29)10-22-4-6-24(30)7-5-22/h4-7,11,19-21,25,31,36H,8-10,12-18H2,1-3H3/t19-,20?,21?,25-/m1/s1. The Kier molecular flexibility index (Phi) is 8.78. The van der Waals surface area contributed by atoms with Crippen molar-refractivity contribution < 1.29 is 23.8 Å². The van der Waals surface area contributed by atoms with Crippen LogP contribution in [0.15, 0.2) is 30.3 Å². The van der Waals surface area contributed by atoms with Gasteiger partial charge in [0.05, 0.1) is 38.1 Å². The molecule has 4 atom stereocenters. The normalized spacial score (nSPS) is 26.2. The van der Waals surface area contributed by atoms with Crippen LogP contribution >= 0.6 is 0 Å². The van der Waals surface area contributed by atoms with Crippen molar-refractivity contribution in [2.24, 2.45) is 0 Å². The molecule has 9 nitrogen and oxygen atoms in total. The van der Waals surface area contributed by atoms with Gasteiger partial charge in [0.1, 0.15) is 18.1 Å². The number of aromatic nitrogens is 1. The molecular formula is C29H40FN5O4. The number of aliphatic hydroxyl groups is 1. The number of anilines is 1. The number of pyridine rings is 1. The predicted octanol–water partition coefficient (Wildman–Crippen LogP) is 1.80. The fourth-order valence-electron chi connectivity index (χ4n) is 5.80. The van der Waals surface area contributed by atoms with Crippen molar-refractivity contribution in [3.05, 3.63) is 53.0 Å². The summed E-state index contributed by atoms with van der Waals surface area (Å²) in [5.74, 6) is 0.0699. The average Bonchev–Trinajstić information content (AvgIpc) is 2.92. The van der Waals surface area contributed by atoms with Crippen LogP contribution in [0.5, 0.6) is 5.88 Å². The third-order valence-corrected chi connectivity index (χ3v) is 8.04. The molecular weight excluding hydrogens is 501 g/mol. The number of halogens is 1. The van der Waals surface area contributed by atoms with Gasteiger partial charge in [0, 0.05) is 44.3 Å². The summed E-state index contributed by atoms with van der Waals surface area (Å²) in [7, 11) is 0. The molecule has 5 rings (SSSR count). The highest BCUT2D eigenvalue weighted by molar-refractivity contribution is 5.97. The number of hydrogen-bond acceptors (Lipinski definition) is 8. The molecule has 4 heterocycles. The fraction of sp³-hybridized carbons (Fsp3) is 0.586. The summed E-state index contributed by atoms with van der Waals surface area (Å²) >= 11 is 0. The molecule has 0 saturated carbocycles. The highest BCUT2D eigenvalue weighted by Gasteiger charge is 2.36. The molecule has 39 heavy (non-hydrogen) atoms. The van der Waals surface area contributed by atoms with Crippen molar-refractivity contribution in [1.82, 2.24) is 20.1 Å². The minimum atomic E-state index is -0.299. The van der Waals surface area contributed by atoms with Crippen LogP contribution in [0.4, 0.5) is 10.1 Å². The Morgan fingerprint density at radius 1 is 1.15 bits per heavy atom. The van der Waals surface area contributed by atoms with Gasteiger partial charge in [-0.2, -0.15) is 0 Å². The number of nitrogens with zero attached hydrogens (tertiary/aromatic N) is 4. The third kappa shape index (κ3) is 6.41. The molecule has 0 aliphatic carbocycles. The zero-order chi connectivity index (χ0) is 27.5. The SMILES string of the molecule is CC1COCCN1C[C@H]1CN[C@H](C)CN1CC(=O)N1c2cc(Cc3ccc(F)cc3)c(CO)nc2OCC1C. The van der Waals surface area contributed by atoms with Crippen LogP contribution in [0.25, 0.3) is 0 Å². The molecule has 0 spiro atoms. The summed E-state index contributed by atoms with van der Waals surface area (Å²) in [4.78, 5) is 25.1. The summed E-state index contributed by atoms with van der Waals surface area (Å²) < 4.78 is 25.0. The van der Waals surface area contributed by atoms with Gasteiger partial charge in [-0.25, -0.2) is 9.37 Å². The van der Waals surface area contributed by atoms with E-state index in [1.54, 1.807) is 12.1 Å². The van der Waals surface area contributed by atoms with E-state index in [2.05, 4.69) is 33.9 Å². The van der Waals surface area contributed by atoms with Gasteiger partial charge < -0.3 is 24.8 Å². The Labute approximate surface area is 229 Å². The van der Waals surface area contributed by atoms with Crippen molar-refractivity contribution >= 4 is 11.6 Å². The third-order valence-electron chi connectivity index (χ3n) is 8.04. The van der Waals surface area contributed by atoms with Crippen LogP contribution in [-0.2, 0) is 22.6 Å². The monoisotopic (exact) mass is 541 g/mol. The highest BCUT2D eigenvalue weighted by atomic mass is 19.1. The number of carbonyl (C=O) groups excluding carboxylic acids is 1. The Bertz CT molecular complexity index is 1150. The average molecular weight is 542 g/mol. The molecule has 2 fully saturated rings. The molecule has 3 aliphatic heterocycles. The van der Waals surface area contributed by atoms with Crippen molar-refractivity contribution in [1.29, 1.82) is 0 Å². The molecule has 0 bridgehead atoms. The van der Waals surface area contributed by atoms with Crippen LogP contribution < -0.4 is 15.0 Å². The Morgan fingerprint density at radius 2 is 1.95 bits per heavy atom. The van der Waals surface area contributed by atoms with Crippen molar-refractivity contribution in [2.75, 3.05) is 57.4 Å². The summed E-state index contributed by atoms with van der Waals surface area (Å²) in [5.41, 5.74) is 2.80. The second-order valence-corrected chi connectivity index (χ2v) is 11.1. The number of hydrogen-bond donors (Lipinski definition) is 2. The van der Waals surface area contributed by atoms with Crippen LogP contribution in [0.2, 0.25) is 0 Å². The van der Waals surface area contributed by atoms with Crippen LogP contribution in [0.1, 0.15) is 37.6 Å². The second-order valence-electron chi connectivity index (χ2n) is 11.1. The van der Waals surface area contributed by atoms with Gasteiger partial charge in [-0.15, -0.1) is 0 Å². The number of amides is 1. The number of nitrogens with one attached hydrogen (secondary N) is 1. The van der Waals surface area contributed by atoms with E-state index in [4.69, 9.17) is 9.47 Å². The Morgan fingerprint density at radius 3 is 2.69 bits per heavy atom. The maximum Gasteiger partial charge on any atom is 0.241 e. The quantitative estimate of drug-likeness (QED) is 0.549. The van der Waals surface area contributed by atoms with E-state index < -0.39 is 0 Å². The number of ether oxygens (including phenoxy) is 2. The minimum absolute atomic E-state index is 0.00690. The molecule has 2 saturated heterocycles. The van der Waals surface area contributed by atoms with Gasteiger partial charge in [-0.05, 0) is 56.5 Å². The fourth-order valence-corrected chi connectivity index (χ4v) is 5.80. The minimum Gasteiger partial charge on any atom is -0.474 e. The molecule has 212 valence electrons. The van der Waals surface area contributed by atoms with Crippen LogP contribution in [-0.4, -0.2) is 103 Å². The van der Waals surface area contributed by atoms with Crippen molar-refractivity contribution in [3.8, 4) is 5.88 Å². The first kappa shape index (κ1) is 27.9. The predicted molar refractivity (Wildman–Crippen MR) is 146 cm³/mol. The van der Waals surface area contributed by atoms with E-state index in [0.29, 0.717) is 48.9 Å². The molecule has 3 aliphatic rings. The first-order valence-electron chi connectivity index (χ1n) is 13.9. The lowest BCUT2D eigenvalue weighted by Gasteiger charge is -2.44. The topological polar surface area (TPSA) is 90.4 Å². The van der Waals surface area contributed by atoms with E-state index >= 15 is 0 Å². The number of rotatable bonds is 7. The number of aliphatic hydroxyl groups excluding tert-OH is 1. The molecule has 1 aromatic heterocycles. The summed E-state index contributed by atoms with van der Waals surface area (Å²) in [6.45, 7) is 11.6. The van der Waals surface area contributed by atoms with Gasteiger partial charge in [-0.3, -0.25) is 14.6 Å². The van der Waals surface area contributed by atoms with E-state index in [9.17, 15) is 14.3 Å². The van der Waals surface area contributed by atoms with Crippen molar-refractivity contribution in [2.45, 2.75) is 58.0 Å². The number of fused-ring (bicyclic) bond motifs is 1. The molecule has 2 unspecified atom stereocenters. The number of piperazine rings is 1. The van der Waals surface area contributed by atoms with E-state index in [0.717, 1.165) is 50.5 Å². The maximum absolute atomic E-state index is 14.0. The number of benzene rings is 1. The van der Waals surface area contributed by atoms with Gasteiger partial charge in [0.2, 0.25) is 11.8 Å². The first-order valence-corrected chi connectivity index (χ1v) is 13.9. The Balaban J connectivity index is 1.37. The molecule has 1 amide bonds.